The molecule has 4 heteroatoms. The standard InChI is InChI=1S/C17H30N2O2/c1-10(2)9-13-17(21)19(14-8-6-7-12(14)5)15(11(3)4)16(20)18-13/h10-15H,6-9H2,1-5H3,(H,18,20). The molecule has 4 unspecified atom stereocenters. The highest BCUT2D eigenvalue weighted by Gasteiger charge is 2.46. The molecule has 120 valence electrons. The maximum Gasteiger partial charge on any atom is 0.246 e. The molecule has 21 heavy (non-hydrogen) atoms. The number of rotatable bonds is 4. The molecule has 0 radical (unpaired) electrons. The van der Waals surface area contributed by atoms with Crippen LogP contribution in [0.5, 0.6) is 0 Å². The van der Waals surface area contributed by atoms with Crippen molar-refractivity contribution in [3.05, 3.63) is 0 Å². The van der Waals surface area contributed by atoms with E-state index in [9.17, 15) is 9.59 Å². The Morgan fingerprint density at radius 1 is 1.19 bits per heavy atom. The van der Waals surface area contributed by atoms with Crippen molar-refractivity contribution >= 4 is 11.8 Å². The molecule has 0 aromatic heterocycles. The average Bonchev–Trinajstić information content (AvgIpc) is 2.78. The van der Waals surface area contributed by atoms with Crippen LogP contribution in [0, 0.1) is 17.8 Å². The lowest BCUT2D eigenvalue weighted by Gasteiger charge is -2.45. The summed E-state index contributed by atoms with van der Waals surface area (Å²) in [6, 6.07) is -0.391. The second-order valence-electron chi connectivity index (χ2n) is 7.60. The number of amides is 2. The fourth-order valence-corrected chi connectivity index (χ4v) is 3.93. The molecular formula is C17H30N2O2. The lowest BCUT2D eigenvalue weighted by molar-refractivity contribution is -0.155. The molecular weight excluding hydrogens is 264 g/mol. The van der Waals surface area contributed by atoms with E-state index in [4.69, 9.17) is 0 Å². The number of carbonyl (C=O) groups is 2. The van der Waals surface area contributed by atoms with Gasteiger partial charge in [0.25, 0.3) is 0 Å². The van der Waals surface area contributed by atoms with E-state index in [1.54, 1.807) is 0 Å². The van der Waals surface area contributed by atoms with Gasteiger partial charge in [0.05, 0.1) is 0 Å². The highest BCUT2D eigenvalue weighted by molar-refractivity contribution is 5.97. The van der Waals surface area contributed by atoms with Crippen LogP contribution in [0.2, 0.25) is 0 Å². The highest BCUT2D eigenvalue weighted by atomic mass is 16.2. The van der Waals surface area contributed by atoms with Crippen LogP contribution in [-0.2, 0) is 9.59 Å². The first-order chi connectivity index (χ1) is 9.82. The number of hydrogen-bond acceptors (Lipinski definition) is 2. The lowest BCUT2D eigenvalue weighted by Crippen LogP contribution is -2.67. The third kappa shape index (κ3) is 3.24. The molecule has 1 aliphatic heterocycles. The normalized spacial score (nSPS) is 34.0. The summed E-state index contributed by atoms with van der Waals surface area (Å²) in [6.07, 6.45) is 4.09. The van der Waals surface area contributed by atoms with Crippen LogP contribution in [0.4, 0.5) is 0 Å². The summed E-state index contributed by atoms with van der Waals surface area (Å²) in [7, 11) is 0. The lowest BCUT2D eigenvalue weighted by atomic mass is 9.90. The van der Waals surface area contributed by atoms with Gasteiger partial charge in [0.2, 0.25) is 11.8 Å². The summed E-state index contributed by atoms with van der Waals surface area (Å²) in [5.74, 6) is 1.23. The van der Waals surface area contributed by atoms with Crippen LogP contribution >= 0.6 is 0 Å². The molecule has 0 spiro atoms. The summed E-state index contributed by atoms with van der Waals surface area (Å²) in [6.45, 7) is 10.5. The molecule has 1 N–H and O–H groups in total. The molecule has 4 atom stereocenters. The molecule has 0 aromatic carbocycles. The molecule has 4 nitrogen and oxygen atoms in total. The second kappa shape index (κ2) is 6.37. The van der Waals surface area contributed by atoms with Crippen molar-refractivity contribution in [1.29, 1.82) is 0 Å². The Labute approximate surface area is 128 Å². The number of hydrogen-bond donors (Lipinski definition) is 1. The van der Waals surface area contributed by atoms with Gasteiger partial charge in [-0.05, 0) is 37.0 Å². The van der Waals surface area contributed by atoms with E-state index in [1.807, 2.05) is 18.7 Å². The van der Waals surface area contributed by atoms with Gasteiger partial charge in [-0.3, -0.25) is 9.59 Å². The van der Waals surface area contributed by atoms with E-state index >= 15 is 0 Å². The van der Waals surface area contributed by atoms with Crippen LogP contribution in [0.3, 0.4) is 0 Å². The Morgan fingerprint density at radius 3 is 2.33 bits per heavy atom. The molecule has 1 aliphatic carbocycles. The Hall–Kier alpha value is -1.06. The first kappa shape index (κ1) is 16.3. The predicted molar refractivity (Wildman–Crippen MR) is 83.7 cm³/mol. The van der Waals surface area contributed by atoms with Gasteiger partial charge in [0.15, 0.2) is 0 Å². The zero-order chi connectivity index (χ0) is 15.7. The van der Waals surface area contributed by atoms with Crippen molar-refractivity contribution in [2.75, 3.05) is 0 Å². The molecule has 1 saturated heterocycles. The number of carbonyl (C=O) groups excluding carboxylic acids is 2. The predicted octanol–water partition coefficient (Wildman–Crippen LogP) is 2.57. The SMILES string of the molecule is CC(C)CC1NC(=O)C(C(C)C)N(C2CCCC2C)C1=O. The van der Waals surface area contributed by atoms with Crippen molar-refractivity contribution in [3.63, 3.8) is 0 Å². The highest BCUT2D eigenvalue weighted by Crippen LogP contribution is 2.34. The minimum atomic E-state index is -0.333. The van der Waals surface area contributed by atoms with E-state index in [0.717, 1.165) is 25.7 Å². The van der Waals surface area contributed by atoms with E-state index in [0.29, 0.717) is 11.8 Å². The Bertz CT molecular complexity index is 406. The van der Waals surface area contributed by atoms with Gasteiger partial charge in [-0.25, -0.2) is 0 Å². The van der Waals surface area contributed by atoms with Gasteiger partial charge in [-0.15, -0.1) is 0 Å². The molecule has 2 rings (SSSR count). The molecule has 2 aliphatic rings. The van der Waals surface area contributed by atoms with Crippen molar-refractivity contribution < 1.29 is 9.59 Å². The van der Waals surface area contributed by atoms with Crippen LogP contribution < -0.4 is 5.32 Å². The zero-order valence-corrected chi connectivity index (χ0v) is 14.1. The molecule has 1 heterocycles. The van der Waals surface area contributed by atoms with E-state index in [1.165, 1.54) is 0 Å². The number of nitrogens with zero attached hydrogens (tertiary/aromatic N) is 1. The van der Waals surface area contributed by atoms with Gasteiger partial charge in [-0.2, -0.15) is 0 Å². The molecule has 2 fully saturated rings. The van der Waals surface area contributed by atoms with Gasteiger partial charge in [0.1, 0.15) is 12.1 Å². The number of nitrogens with one attached hydrogen (secondary N) is 1. The van der Waals surface area contributed by atoms with Gasteiger partial charge in [-0.1, -0.05) is 41.0 Å². The summed E-state index contributed by atoms with van der Waals surface area (Å²) >= 11 is 0. The van der Waals surface area contributed by atoms with E-state index in [2.05, 4.69) is 26.1 Å². The first-order valence-electron chi connectivity index (χ1n) is 8.45. The van der Waals surface area contributed by atoms with Crippen molar-refractivity contribution in [2.45, 2.75) is 78.4 Å². The van der Waals surface area contributed by atoms with Gasteiger partial charge >= 0.3 is 0 Å². The Balaban J connectivity index is 2.28. The van der Waals surface area contributed by atoms with E-state index < -0.39 is 0 Å². The second-order valence-corrected chi connectivity index (χ2v) is 7.60. The summed E-state index contributed by atoms with van der Waals surface area (Å²) < 4.78 is 0. The van der Waals surface area contributed by atoms with Crippen LogP contribution in [0.15, 0.2) is 0 Å². The largest absolute Gasteiger partial charge is 0.342 e. The quantitative estimate of drug-likeness (QED) is 0.866. The molecule has 0 bridgehead atoms. The third-order valence-corrected chi connectivity index (χ3v) is 4.95. The molecule has 0 aromatic rings. The maximum atomic E-state index is 13.0. The third-order valence-electron chi connectivity index (χ3n) is 4.95. The molecule has 2 amide bonds. The van der Waals surface area contributed by atoms with E-state index in [-0.39, 0.29) is 35.9 Å². The van der Waals surface area contributed by atoms with Crippen molar-refractivity contribution in [3.8, 4) is 0 Å². The summed E-state index contributed by atoms with van der Waals surface area (Å²) in [5.41, 5.74) is 0. The smallest absolute Gasteiger partial charge is 0.246 e. The Morgan fingerprint density at radius 2 is 1.86 bits per heavy atom. The Kier molecular flexibility index (Phi) is 4.95. The molecule has 1 saturated carbocycles. The maximum absolute atomic E-state index is 13.0. The summed E-state index contributed by atoms with van der Waals surface area (Å²) in [5, 5.41) is 2.97. The van der Waals surface area contributed by atoms with Crippen LogP contribution in [-0.4, -0.2) is 34.8 Å². The average molecular weight is 294 g/mol. The first-order valence-corrected chi connectivity index (χ1v) is 8.45. The monoisotopic (exact) mass is 294 g/mol. The topological polar surface area (TPSA) is 49.4 Å². The summed E-state index contributed by atoms with van der Waals surface area (Å²) in [4.78, 5) is 27.5. The fourth-order valence-electron chi connectivity index (χ4n) is 3.93. The van der Waals surface area contributed by atoms with Crippen LogP contribution in [0.1, 0.15) is 60.3 Å². The van der Waals surface area contributed by atoms with Gasteiger partial charge in [0, 0.05) is 6.04 Å². The van der Waals surface area contributed by atoms with Gasteiger partial charge < -0.3 is 10.2 Å². The fraction of sp³-hybridized carbons (Fsp3) is 0.882. The number of piperazine rings is 1. The zero-order valence-electron chi connectivity index (χ0n) is 14.1. The van der Waals surface area contributed by atoms with Crippen molar-refractivity contribution in [1.82, 2.24) is 10.2 Å². The minimum absolute atomic E-state index is 0.0364. The van der Waals surface area contributed by atoms with Crippen molar-refractivity contribution in [2.24, 2.45) is 17.8 Å². The minimum Gasteiger partial charge on any atom is -0.342 e. The van der Waals surface area contributed by atoms with Crippen LogP contribution in [0.25, 0.3) is 0 Å².